The lowest BCUT2D eigenvalue weighted by Gasteiger charge is -2.11. The second-order valence-corrected chi connectivity index (χ2v) is 3.32. The van der Waals surface area contributed by atoms with E-state index in [9.17, 15) is 4.39 Å². The van der Waals surface area contributed by atoms with Gasteiger partial charge in [0, 0.05) is 13.5 Å². The van der Waals surface area contributed by atoms with Crippen LogP contribution in [0.5, 0.6) is 5.75 Å². The van der Waals surface area contributed by atoms with Gasteiger partial charge in [0.25, 0.3) is 0 Å². The van der Waals surface area contributed by atoms with Gasteiger partial charge < -0.3 is 14.3 Å². The fourth-order valence-corrected chi connectivity index (χ4v) is 1.55. The van der Waals surface area contributed by atoms with Crippen LogP contribution in [0.15, 0.2) is 12.1 Å². The van der Waals surface area contributed by atoms with Gasteiger partial charge >= 0.3 is 0 Å². The van der Waals surface area contributed by atoms with Crippen molar-refractivity contribution in [1.29, 1.82) is 0 Å². The molecule has 2 N–H and O–H groups in total. The highest BCUT2D eigenvalue weighted by Crippen LogP contribution is 2.25. The van der Waals surface area contributed by atoms with Crippen molar-refractivity contribution in [1.82, 2.24) is 0 Å². The summed E-state index contributed by atoms with van der Waals surface area (Å²) >= 11 is 0. The molecule has 0 aromatic heterocycles. The van der Waals surface area contributed by atoms with Gasteiger partial charge in [-0.25, -0.2) is 10.3 Å². The number of halogens is 1. The molecular weight excluding hydrogens is 213 g/mol. The molecule has 1 rings (SSSR count). The Hall–Kier alpha value is -1.17. The zero-order valence-electron chi connectivity index (χ0n) is 9.46. The van der Waals surface area contributed by atoms with Crippen molar-refractivity contribution in [2.75, 3.05) is 20.8 Å². The summed E-state index contributed by atoms with van der Waals surface area (Å²) in [5.74, 6) is 4.78. The van der Waals surface area contributed by atoms with E-state index in [1.165, 1.54) is 13.2 Å². The highest BCUT2D eigenvalue weighted by atomic mass is 19.1. The third-order valence-corrected chi connectivity index (χ3v) is 2.18. The summed E-state index contributed by atoms with van der Waals surface area (Å²) < 4.78 is 23.6. The van der Waals surface area contributed by atoms with Crippen LogP contribution in [0, 0.1) is 5.82 Å². The molecule has 0 amide bonds. The van der Waals surface area contributed by atoms with Crippen molar-refractivity contribution >= 4 is 0 Å². The zero-order chi connectivity index (χ0) is 12.0. The molecule has 0 aliphatic rings. The third-order valence-electron chi connectivity index (χ3n) is 2.18. The molecule has 5 heteroatoms. The average molecular weight is 229 g/mol. The van der Waals surface area contributed by atoms with Crippen molar-refractivity contribution < 1.29 is 18.7 Å². The van der Waals surface area contributed by atoms with E-state index in [1.807, 2.05) is 6.07 Å². The van der Waals surface area contributed by atoms with E-state index in [1.54, 1.807) is 7.11 Å². The van der Waals surface area contributed by atoms with Crippen LogP contribution in [0.4, 0.5) is 4.39 Å². The van der Waals surface area contributed by atoms with Gasteiger partial charge in [-0.3, -0.25) is 0 Å². The second kappa shape index (κ2) is 6.42. The summed E-state index contributed by atoms with van der Waals surface area (Å²) in [5.41, 5.74) is 1.48. The van der Waals surface area contributed by atoms with Crippen molar-refractivity contribution in [2.45, 2.75) is 13.0 Å². The molecule has 90 valence electrons. The molecular formula is C11H16FNO3. The van der Waals surface area contributed by atoms with Crippen LogP contribution in [0.1, 0.15) is 11.1 Å². The summed E-state index contributed by atoms with van der Waals surface area (Å²) in [5, 5.41) is 0. The molecule has 16 heavy (non-hydrogen) atoms. The number of hydrogen-bond acceptors (Lipinski definition) is 4. The Morgan fingerprint density at radius 3 is 2.62 bits per heavy atom. The Morgan fingerprint density at radius 1 is 1.31 bits per heavy atom. The van der Waals surface area contributed by atoms with Gasteiger partial charge in [-0.15, -0.1) is 0 Å². The Labute approximate surface area is 94.1 Å². The smallest absolute Gasteiger partial charge is 0.165 e. The largest absolute Gasteiger partial charge is 0.493 e. The summed E-state index contributed by atoms with van der Waals surface area (Å²) in [4.78, 5) is 4.48. The fourth-order valence-electron chi connectivity index (χ4n) is 1.55. The number of benzene rings is 1. The van der Waals surface area contributed by atoms with E-state index in [2.05, 4.69) is 4.84 Å². The van der Waals surface area contributed by atoms with E-state index in [4.69, 9.17) is 15.4 Å². The maximum absolute atomic E-state index is 13.6. The first kappa shape index (κ1) is 12.9. The van der Waals surface area contributed by atoms with Crippen molar-refractivity contribution in [3.8, 4) is 5.75 Å². The highest BCUT2D eigenvalue weighted by Gasteiger charge is 2.11. The first-order valence-electron chi connectivity index (χ1n) is 4.88. The van der Waals surface area contributed by atoms with Crippen molar-refractivity contribution in [3.63, 3.8) is 0 Å². The van der Waals surface area contributed by atoms with E-state index in [-0.39, 0.29) is 5.75 Å². The molecule has 0 aliphatic carbocycles. The minimum atomic E-state index is -0.399. The molecule has 4 nitrogen and oxygen atoms in total. The van der Waals surface area contributed by atoms with Crippen LogP contribution in [0.2, 0.25) is 0 Å². The van der Waals surface area contributed by atoms with Gasteiger partial charge in [-0.2, -0.15) is 0 Å². The van der Waals surface area contributed by atoms with E-state index in [0.717, 1.165) is 11.1 Å². The Bertz CT molecular complexity index is 344. The lowest BCUT2D eigenvalue weighted by atomic mass is 10.1. The molecule has 0 fully saturated rings. The predicted octanol–water partition coefficient (Wildman–Crippen LogP) is 1.41. The van der Waals surface area contributed by atoms with Crippen LogP contribution in [-0.2, 0) is 22.6 Å². The predicted molar refractivity (Wildman–Crippen MR) is 57.5 cm³/mol. The quantitative estimate of drug-likeness (QED) is 0.749. The lowest BCUT2D eigenvalue weighted by molar-refractivity contribution is 0.140. The maximum Gasteiger partial charge on any atom is 0.165 e. The third kappa shape index (κ3) is 3.16. The van der Waals surface area contributed by atoms with E-state index >= 15 is 0 Å². The molecule has 0 radical (unpaired) electrons. The van der Waals surface area contributed by atoms with Crippen molar-refractivity contribution in [2.24, 2.45) is 5.90 Å². The van der Waals surface area contributed by atoms with Crippen LogP contribution in [-0.4, -0.2) is 20.8 Å². The molecule has 1 aromatic carbocycles. The molecule has 0 spiro atoms. The number of rotatable bonds is 6. The molecule has 0 saturated heterocycles. The highest BCUT2D eigenvalue weighted by molar-refractivity contribution is 5.38. The fraction of sp³-hybridized carbons (Fsp3) is 0.455. The number of ether oxygens (including phenoxy) is 2. The molecule has 0 unspecified atom stereocenters. The molecule has 0 heterocycles. The molecule has 1 aromatic rings. The monoisotopic (exact) mass is 229 g/mol. The number of methoxy groups -OCH3 is 2. The number of nitrogens with two attached hydrogens (primary N) is 1. The first-order valence-corrected chi connectivity index (χ1v) is 4.88. The van der Waals surface area contributed by atoms with Gasteiger partial charge in [0.15, 0.2) is 11.6 Å². The lowest BCUT2D eigenvalue weighted by Crippen LogP contribution is -2.06. The summed E-state index contributed by atoms with van der Waals surface area (Å²) in [7, 11) is 2.99. The van der Waals surface area contributed by atoms with E-state index < -0.39 is 5.82 Å². The number of hydrogen-bond donors (Lipinski definition) is 1. The van der Waals surface area contributed by atoms with Gasteiger partial charge in [0.05, 0.1) is 20.3 Å². The zero-order valence-corrected chi connectivity index (χ0v) is 9.46. The maximum atomic E-state index is 13.6. The first-order chi connectivity index (χ1) is 7.72. The molecule has 0 atom stereocenters. The van der Waals surface area contributed by atoms with Gasteiger partial charge in [0.2, 0.25) is 0 Å². The van der Waals surface area contributed by atoms with Crippen LogP contribution in [0.25, 0.3) is 0 Å². The summed E-state index contributed by atoms with van der Waals surface area (Å²) in [6, 6.07) is 3.22. The average Bonchev–Trinajstić information content (AvgIpc) is 2.26. The Morgan fingerprint density at radius 2 is 2.06 bits per heavy atom. The second-order valence-electron chi connectivity index (χ2n) is 3.32. The Balaban J connectivity index is 2.99. The minimum Gasteiger partial charge on any atom is -0.493 e. The topological polar surface area (TPSA) is 53.7 Å². The van der Waals surface area contributed by atoms with Crippen LogP contribution < -0.4 is 10.6 Å². The molecule has 0 aliphatic heterocycles. The van der Waals surface area contributed by atoms with Crippen LogP contribution in [0.3, 0.4) is 0 Å². The summed E-state index contributed by atoms with van der Waals surface area (Å²) in [6.45, 7) is 0.670. The van der Waals surface area contributed by atoms with Crippen LogP contribution >= 0.6 is 0 Å². The van der Waals surface area contributed by atoms with Crippen molar-refractivity contribution in [3.05, 3.63) is 29.1 Å². The van der Waals surface area contributed by atoms with Gasteiger partial charge in [0.1, 0.15) is 0 Å². The SMILES string of the molecule is COCc1cc(F)c(OC)c(CCON)c1. The van der Waals surface area contributed by atoms with Gasteiger partial charge in [-0.1, -0.05) is 0 Å². The standard InChI is InChI=1S/C11H16FNO3/c1-14-7-8-5-9(3-4-16-13)11(15-2)10(12)6-8/h5-6H,3-4,7,13H2,1-2H3. The summed E-state index contributed by atoms with van der Waals surface area (Å²) in [6.07, 6.45) is 0.494. The van der Waals surface area contributed by atoms with E-state index in [0.29, 0.717) is 19.6 Å². The molecule has 0 saturated carbocycles. The van der Waals surface area contributed by atoms with Gasteiger partial charge in [-0.05, 0) is 23.3 Å². The normalized spacial score (nSPS) is 10.5. The minimum absolute atomic E-state index is 0.233. The Kier molecular flexibility index (Phi) is 5.18. The molecule has 0 bridgehead atoms.